The van der Waals surface area contributed by atoms with E-state index in [0.717, 1.165) is 10.6 Å². The Bertz CT molecular complexity index is 648. The zero-order chi connectivity index (χ0) is 15.4. The second-order valence-electron chi connectivity index (χ2n) is 4.42. The molecule has 21 heavy (non-hydrogen) atoms. The average Bonchev–Trinajstić information content (AvgIpc) is 2.76. The van der Waals surface area contributed by atoms with E-state index in [1.807, 2.05) is 13.8 Å². The minimum atomic E-state index is -0.772. The van der Waals surface area contributed by atoms with E-state index in [1.54, 1.807) is 12.1 Å². The van der Waals surface area contributed by atoms with Crippen molar-refractivity contribution in [3.8, 4) is 0 Å². The lowest BCUT2D eigenvalue weighted by atomic mass is 10.2. The molecule has 1 heterocycles. The smallest absolute Gasteiger partial charge is 0.315 e. The number of nitrogens with one attached hydrogen (secondary N) is 2. The molecule has 0 atom stereocenters. The van der Waals surface area contributed by atoms with Gasteiger partial charge in [-0.3, -0.25) is 14.9 Å². The van der Waals surface area contributed by atoms with E-state index in [2.05, 4.69) is 15.6 Å². The molecule has 7 heteroatoms. The van der Waals surface area contributed by atoms with Crippen LogP contribution in [0.3, 0.4) is 0 Å². The number of aromatic nitrogens is 1. The van der Waals surface area contributed by atoms with E-state index < -0.39 is 11.8 Å². The number of aryl methyl sites for hydroxylation is 2. The molecule has 2 N–H and O–H groups in total. The molecule has 0 fully saturated rings. The van der Waals surface area contributed by atoms with Gasteiger partial charge in [0.05, 0.1) is 5.69 Å². The Morgan fingerprint density at radius 1 is 1.19 bits per heavy atom. The summed E-state index contributed by atoms with van der Waals surface area (Å²) in [7, 11) is 0. The highest BCUT2D eigenvalue weighted by Gasteiger charge is 2.15. The second kappa shape index (κ2) is 6.45. The first-order chi connectivity index (χ1) is 9.95. The molecule has 0 aliphatic carbocycles. The van der Waals surface area contributed by atoms with Gasteiger partial charge in [-0.15, -0.1) is 11.3 Å². The molecule has 0 unspecified atom stereocenters. The molecule has 110 valence electrons. The number of hydrogen-bond acceptors (Lipinski definition) is 4. The highest BCUT2D eigenvalue weighted by molar-refractivity contribution is 7.15. The molecule has 2 rings (SSSR count). The van der Waals surface area contributed by atoms with Gasteiger partial charge in [0.2, 0.25) is 0 Å². The van der Waals surface area contributed by atoms with Gasteiger partial charge in [0.15, 0.2) is 5.13 Å². The van der Waals surface area contributed by atoms with Crippen molar-refractivity contribution in [1.29, 1.82) is 0 Å². The largest absolute Gasteiger partial charge is 0.344 e. The minimum absolute atomic E-state index is 0.155. The van der Waals surface area contributed by atoms with Gasteiger partial charge >= 0.3 is 11.8 Å². The van der Waals surface area contributed by atoms with Crippen LogP contribution < -0.4 is 10.6 Å². The Kier molecular flexibility index (Phi) is 4.64. The van der Waals surface area contributed by atoms with Gasteiger partial charge in [0.1, 0.15) is 5.82 Å². The maximum absolute atomic E-state index is 12.7. The van der Waals surface area contributed by atoms with Gasteiger partial charge in [-0.05, 0) is 31.5 Å². The van der Waals surface area contributed by atoms with Crippen LogP contribution in [0, 0.1) is 19.7 Å². The Balaban J connectivity index is 1.87. The summed E-state index contributed by atoms with van der Waals surface area (Å²) in [4.78, 5) is 28.5. The van der Waals surface area contributed by atoms with Crippen molar-refractivity contribution in [2.75, 3.05) is 5.32 Å². The fourth-order valence-corrected chi connectivity index (χ4v) is 2.35. The normalized spacial score (nSPS) is 10.2. The lowest BCUT2D eigenvalue weighted by Gasteiger charge is -2.04. The third-order valence-corrected chi connectivity index (χ3v) is 3.81. The molecule has 5 nitrogen and oxygen atoms in total. The van der Waals surface area contributed by atoms with Gasteiger partial charge in [0.25, 0.3) is 0 Å². The lowest BCUT2D eigenvalue weighted by molar-refractivity contribution is -0.136. The van der Waals surface area contributed by atoms with Crippen molar-refractivity contribution in [3.63, 3.8) is 0 Å². The number of anilines is 1. The van der Waals surface area contributed by atoms with Crippen molar-refractivity contribution in [2.45, 2.75) is 20.4 Å². The third-order valence-electron chi connectivity index (χ3n) is 2.82. The first-order valence-corrected chi connectivity index (χ1v) is 7.05. The number of amides is 2. The van der Waals surface area contributed by atoms with Crippen LogP contribution in [0.15, 0.2) is 24.3 Å². The molecule has 1 aromatic heterocycles. The van der Waals surface area contributed by atoms with Gasteiger partial charge < -0.3 is 5.32 Å². The van der Waals surface area contributed by atoms with Crippen LogP contribution in [0.1, 0.15) is 16.1 Å². The van der Waals surface area contributed by atoms with Crippen LogP contribution in [0.5, 0.6) is 0 Å². The van der Waals surface area contributed by atoms with Gasteiger partial charge in [0, 0.05) is 11.4 Å². The molecule has 0 saturated carbocycles. The van der Waals surface area contributed by atoms with Crippen LogP contribution >= 0.6 is 11.3 Å². The van der Waals surface area contributed by atoms with E-state index >= 15 is 0 Å². The molecule has 0 radical (unpaired) electrons. The Morgan fingerprint density at radius 2 is 1.86 bits per heavy atom. The van der Waals surface area contributed by atoms with Gasteiger partial charge in [-0.1, -0.05) is 12.1 Å². The van der Waals surface area contributed by atoms with Crippen molar-refractivity contribution < 1.29 is 14.0 Å². The second-order valence-corrected chi connectivity index (χ2v) is 5.63. The number of carbonyl (C=O) groups is 2. The summed E-state index contributed by atoms with van der Waals surface area (Å²) in [6.07, 6.45) is 0. The molecular weight excluding hydrogens is 293 g/mol. The summed E-state index contributed by atoms with van der Waals surface area (Å²) >= 11 is 1.31. The number of thiazole rings is 1. The zero-order valence-electron chi connectivity index (χ0n) is 11.6. The molecule has 2 amide bonds. The van der Waals surface area contributed by atoms with E-state index in [9.17, 15) is 14.0 Å². The summed E-state index contributed by atoms with van der Waals surface area (Å²) in [5.74, 6) is -1.88. The SMILES string of the molecule is Cc1nc(NC(=O)C(=O)NCc2ccc(F)cc2)sc1C. The molecule has 0 aliphatic heterocycles. The van der Waals surface area contributed by atoms with Gasteiger partial charge in [-0.2, -0.15) is 0 Å². The summed E-state index contributed by atoms with van der Waals surface area (Å²) in [5.41, 5.74) is 1.53. The van der Waals surface area contributed by atoms with Crippen molar-refractivity contribution >= 4 is 28.3 Å². The highest BCUT2D eigenvalue weighted by Crippen LogP contribution is 2.20. The summed E-state index contributed by atoms with van der Waals surface area (Å²) in [6, 6.07) is 5.67. The first-order valence-electron chi connectivity index (χ1n) is 6.23. The van der Waals surface area contributed by atoms with Crippen LogP contribution in [-0.4, -0.2) is 16.8 Å². The quantitative estimate of drug-likeness (QED) is 0.854. The number of nitrogens with zero attached hydrogens (tertiary/aromatic N) is 1. The molecule has 0 aliphatic rings. The van der Waals surface area contributed by atoms with E-state index in [4.69, 9.17) is 0 Å². The first kappa shape index (κ1) is 15.1. The monoisotopic (exact) mass is 307 g/mol. The predicted octanol–water partition coefficient (Wildman–Crippen LogP) is 2.15. The molecule has 0 saturated heterocycles. The fourth-order valence-electron chi connectivity index (χ4n) is 1.54. The van der Waals surface area contributed by atoms with Crippen molar-refractivity contribution in [1.82, 2.24) is 10.3 Å². The van der Waals surface area contributed by atoms with Crippen LogP contribution in [0.2, 0.25) is 0 Å². The minimum Gasteiger partial charge on any atom is -0.344 e. The zero-order valence-corrected chi connectivity index (χ0v) is 12.4. The number of halogens is 1. The molecule has 2 aromatic rings. The molecule has 0 spiro atoms. The highest BCUT2D eigenvalue weighted by atomic mass is 32.1. The van der Waals surface area contributed by atoms with Crippen LogP contribution in [0.25, 0.3) is 0 Å². The summed E-state index contributed by atoms with van der Waals surface area (Å²) in [6.45, 7) is 3.87. The Labute approximate surface area is 125 Å². The number of carbonyl (C=O) groups excluding carboxylic acids is 2. The molecule has 1 aromatic carbocycles. The maximum atomic E-state index is 12.7. The topological polar surface area (TPSA) is 71.1 Å². The van der Waals surface area contributed by atoms with Crippen LogP contribution in [0.4, 0.5) is 9.52 Å². The van der Waals surface area contributed by atoms with Crippen molar-refractivity contribution in [2.24, 2.45) is 0 Å². The Hall–Kier alpha value is -2.28. The number of benzene rings is 1. The summed E-state index contributed by atoms with van der Waals surface area (Å²) in [5, 5.41) is 5.30. The number of hydrogen-bond donors (Lipinski definition) is 2. The average molecular weight is 307 g/mol. The number of rotatable bonds is 3. The van der Waals surface area contributed by atoms with Crippen molar-refractivity contribution in [3.05, 3.63) is 46.2 Å². The maximum Gasteiger partial charge on any atom is 0.315 e. The third kappa shape index (κ3) is 4.09. The van der Waals surface area contributed by atoms with E-state index in [1.165, 1.54) is 23.5 Å². The summed E-state index contributed by atoms with van der Waals surface area (Å²) < 4.78 is 12.7. The van der Waals surface area contributed by atoms with Gasteiger partial charge in [-0.25, -0.2) is 9.37 Å². The predicted molar refractivity (Wildman–Crippen MR) is 78.5 cm³/mol. The van der Waals surface area contributed by atoms with E-state index in [0.29, 0.717) is 10.7 Å². The lowest BCUT2D eigenvalue weighted by Crippen LogP contribution is -2.34. The molecule has 0 bridgehead atoms. The standard InChI is InChI=1S/C14H14FN3O2S/c1-8-9(2)21-14(17-8)18-13(20)12(19)16-7-10-3-5-11(15)6-4-10/h3-6H,7H2,1-2H3,(H,16,19)(H,17,18,20). The fraction of sp³-hybridized carbons (Fsp3) is 0.214. The van der Waals surface area contributed by atoms with Crippen LogP contribution in [-0.2, 0) is 16.1 Å². The Morgan fingerprint density at radius 3 is 2.43 bits per heavy atom. The molecular formula is C14H14FN3O2S. The van der Waals surface area contributed by atoms with E-state index in [-0.39, 0.29) is 12.4 Å².